The Bertz CT molecular complexity index is 1220. The summed E-state index contributed by atoms with van der Waals surface area (Å²) in [6.45, 7) is 1.82. The summed E-state index contributed by atoms with van der Waals surface area (Å²) in [7, 11) is 3.39. The second-order valence-corrected chi connectivity index (χ2v) is 9.10. The van der Waals surface area contributed by atoms with Crippen LogP contribution >= 0.6 is 27.5 Å². The monoisotopic (exact) mass is 522 g/mol. The van der Waals surface area contributed by atoms with E-state index in [1.807, 2.05) is 18.7 Å². The van der Waals surface area contributed by atoms with Crippen LogP contribution in [-0.2, 0) is 7.05 Å². The van der Waals surface area contributed by atoms with Crippen LogP contribution in [0.3, 0.4) is 0 Å². The average Bonchev–Trinajstić information content (AvgIpc) is 3.27. The van der Waals surface area contributed by atoms with E-state index in [9.17, 15) is 9.59 Å². The van der Waals surface area contributed by atoms with E-state index < -0.39 is 5.91 Å². The fourth-order valence-electron chi connectivity index (χ4n) is 4.18. The van der Waals surface area contributed by atoms with Gasteiger partial charge in [-0.2, -0.15) is 0 Å². The number of hydrogen-bond donors (Lipinski definition) is 1. The number of amides is 1. The van der Waals surface area contributed by atoms with E-state index in [1.165, 1.54) is 6.42 Å². The number of nitrogens with zero attached hydrogens (tertiary/aromatic N) is 3. The SMILES string of the molecule is COc1ccc(-c2onc(C(=O)Nc3c(C)n(C)n(C4CCCCC4)c3=O)c2Br)c(Cl)c1. The molecule has 0 bridgehead atoms. The van der Waals surface area contributed by atoms with E-state index in [2.05, 4.69) is 26.4 Å². The first-order valence-corrected chi connectivity index (χ1v) is 11.6. The van der Waals surface area contributed by atoms with Crippen LogP contribution in [0, 0.1) is 6.92 Å². The highest BCUT2D eigenvalue weighted by atomic mass is 79.9. The molecule has 1 amide bonds. The van der Waals surface area contributed by atoms with Gasteiger partial charge >= 0.3 is 0 Å². The first kappa shape index (κ1) is 22.7. The van der Waals surface area contributed by atoms with Crippen molar-refractivity contribution in [2.24, 2.45) is 7.05 Å². The summed E-state index contributed by atoms with van der Waals surface area (Å²) in [6, 6.07) is 5.25. The summed E-state index contributed by atoms with van der Waals surface area (Å²) >= 11 is 9.73. The normalized spacial score (nSPS) is 14.5. The molecule has 0 unspecified atom stereocenters. The number of ether oxygens (including phenoxy) is 1. The van der Waals surface area contributed by atoms with Gasteiger partial charge < -0.3 is 14.6 Å². The minimum atomic E-state index is -0.543. The van der Waals surface area contributed by atoms with Crippen LogP contribution in [0.5, 0.6) is 5.75 Å². The molecule has 2 aromatic heterocycles. The van der Waals surface area contributed by atoms with Crippen molar-refractivity contribution in [1.82, 2.24) is 14.5 Å². The number of hydrogen-bond acceptors (Lipinski definition) is 5. The molecule has 170 valence electrons. The number of aromatic nitrogens is 3. The van der Waals surface area contributed by atoms with Crippen LogP contribution in [0.1, 0.15) is 54.3 Å². The highest BCUT2D eigenvalue weighted by molar-refractivity contribution is 9.10. The van der Waals surface area contributed by atoms with Gasteiger partial charge in [-0.15, -0.1) is 0 Å². The maximum absolute atomic E-state index is 13.1. The topological polar surface area (TPSA) is 91.3 Å². The predicted octanol–water partition coefficient (Wildman–Crippen LogP) is 5.33. The molecule has 4 rings (SSSR count). The Morgan fingerprint density at radius 2 is 2.03 bits per heavy atom. The molecule has 3 aromatic rings. The second kappa shape index (κ2) is 9.15. The molecule has 0 atom stereocenters. The molecule has 2 heterocycles. The second-order valence-electron chi connectivity index (χ2n) is 7.90. The minimum Gasteiger partial charge on any atom is -0.497 e. The van der Waals surface area contributed by atoms with Gasteiger partial charge in [0.05, 0.1) is 28.3 Å². The molecular weight excluding hydrogens is 500 g/mol. The quantitative estimate of drug-likeness (QED) is 0.488. The van der Waals surface area contributed by atoms with Crippen molar-refractivity contribution in [3.8, 4) is 17.1 Å². The molecule has 0 aliphatic heterocycles. The molecule has 10 heteroatoms. The van der Waals surface area contributed by atoms with E-state index in [0.29, 0.717) is 32.3 Å². The molecule has 32 heavy (non-hydrogen) atoms. The van der Waals surface area contributed by atoms with E-state index in [4.69, 9.17) is 20.9 Å². The van der Waals surface area contributed by atoms with Gasteiger partial charge in [-0.3, -0.25) is 14.3 Å². The number of halogens is 2. The zero-order valence-electron chi connectivity index (χ0n) is 18.1. The molecule has 1 saturated carbocycles. The van der Waals surface area contributed by atoms with Crippen molar-refractivity contribution >= 4 is 39.1 Å². The lowest BCUT2D eigenvalue weighted by Gasteiger charge is -2.24. The Balaban J connectivity index is 1.63. The molecular formula is C22H24BrClN4O4. The van der Waals surface area contributed by atoms with E-state index in [0.717, 1.165) is 25.7 Å². The van der Waals surface area contributed by atoms with Crippen LogP contribution in [0.2, 0.25) is 5.02 Å². The van der Waals surface area contributed by atoms with Crippen LogP contribution < -0.4 is 15.6 Å². The third-order valence-corrected chi connectivity index (χ3v) is 7.07. The van der Waals surface area contributed by atoms with E-state index in [-0.39, 0.29) is 23.0 Å². The third kappa shape index (κ3) is 3.99. The Hall–Kier alpha value is -2.52. The Kier molecular flexibility index (Phi) is 6.48. The standard InChI is InChI=1S/C22H24BrClN4O4/c1-12-18(22(30)28(27(12)2)13-7-5-4-6-8-13)25-21(29)19-17(23)20(32-26-19)15-10-9-14(31-3)11-16(15)24/h9-11,13H,4-8H2,1-3H3,(H,25,29). The zero-order valence-corrected chi connectivity index (χ0v) is 20.4. The summed E-state index contributed by atoms with van der Waals surface area (Å²) in [4.78, 5) is 26.1. The molecule has 1 N–H and O–H groups in total. The third-order valence-electron chi connectivity index (χ3n) is 6.02. The summed E-state index contributed by atoms with van der Waals surface area (Å²) in [5.41, 5.74) is 1.32. The van der Waals surface area contributed by atoms with Crippen molar-refractivity contribution in [1.29, 1.82) is 0 Å². The Labute approximate surface area is 198 Å². The maximum atomic E-state index is 13.1. The number of anilines is 1. The van der Waals surface area contributed by atoms with Crippen LogP contribution in [0.25, 0.3) is 11.3 Å². The lowest BCUT2D eigenvalue weighted by Crippen LogP contribution is -2.29. The first-order chi connectivity index (χ1) is 15.3. The summed E-state index contributed by atoms with van der Waals surface area (Å²) in [5.74, 6) is 0.367. The molecule has 1 aliphatic rings. The highest BCUT2D eigenvalue weighted by Gasteiger charge is 2.27. The van der Waals surface area contributed by atoms with Crippen molar-refractivity contribution in [3.05, 3.63) is 49.4 Å². The predicted molar refractivity (Wildman–Crippen MR) is 126 cm³/mol. The molecule has 1 aromatic carbocycles. The Morgan fingerprint density at radius 3 is 2.69 bits per heavy atom. The molecule has 0 saturated heterocycles. The molecule has 0 spiro atoms. The average molecular weight is 524 g/mol. The summed E-state index contributed by atoms with van der Waals surface area (Å²) in [6.07, 6.45) is 5.33. The maximum Gasteiger partial charge on any atom is 0.291 e. The number of nitrogens with one attached hydrogen (secondary N) is 1. The van der Waals surface area contributed by atoms with E-state index in [1.54, 1.807) is 30.0 Å². The van der Waals surface area contributed by atoms with Crippen molar-refractivity contribution in [3.63, 3.8) is 0 Å². The van der Waals surface area contributed by atoms with Crippen LogP contribution in [0.15, 0.2) is 32.0 Å². The van der Waals surface area contributed by atoms with Gasteiger partial charge in [0.15, 0.2) is 11.5 Å². The summed E-state index contributed by atoms with van der Waals surface area (Å²) in [5, 5.41) is 7.04. The van der Waals surface area contributed by atoms with Gasteiger partial charge in [-0.05, 0) is 53.9 Å². The smallest absolute Gasteiger partial charge is 0.291 e. The van der Waals surface area contributed by atoms with Crippen molar-refractivity contribution in [2.75, 3.05) is 12.4 Å². The lowest BCUT2D eigenvalue weighted by atomic mass is 9.96. The summed E-state index contributed by atoms with van der Waals surface area (Å²) < 4.78 is 14.5. The van der Waals surface area contributed by atoms with Crippen LogP contribution in [-0.4, -0.2) is 27.5 Å². The fraction of sp³-hybridized carbons (Fsp3) is 0.409. The Morgan fingerprint density at radius 1 is 1.31 bits per heavy atom. The molecule has 8 nitrogen and oxygen atoms in total. The van der Waals surface area contributed by atoms with Gasteiger partial charge in [-0.1, -0.05) is 36.0 Å². The highest BCUT2D eigenvalue weighted by Crippen LogP contribution is 2.37. The van der Waals surface area contributed by atoms with E-state index >= 15 is 0 Å². The van der Waals surface area contributed by atoms with Crippen molar-refractivity contribution < 1.29 is 14.1 Å². The van der Waals surface area contributed by atoms with Crippen LogP contribution in [0.4, 0.5) is 5.69 Å². The number of methoxy groups -OCH3 is 1. The van der Waals surface area contributed by atoms with Gasteiger partial charge in [0.2, 0.25) is 0 Å². The number of rotatable bonds is 5. The first-order valence-electron chi connectivity index (χ1n) is 10.4. The minimum absolute atomic E-state index is 0.0266. The zero-order chi connectivity index (χ0) is 23.0. The number of benzene rings is 1. The van der Waals surface area contributed by atoms with Gasteiger partial charge in [0.1, 0.15) is 11.4 Å². The molecule has 1 aliphatic carbocycles. The number of carbonyl (C=O) groups is 1. The molecule has 1 fully saturated rings. The largest absolute Gasteiger partial charge is 0.497 e. The number of carbonyl (C=O) groups excluding carboxylic acids is 1. The van der Waals surface area contributed by atoms with Gasteiger partial charge in [0, 0.05) is 12.6 Å². The van der Waals surface area contributed by atoms with Gasteiger partial charge in [0.25, 0.3) is 11.5 Å². The lowest BCUT2D eigenvalue weighted by molar-refractivity contribution is 0.101. The fourth-order valence-corrected chi connectivity index (χ4v) is 4.97. The van der Waals surface area contributed by atoms with Gasteiger partial charge in [-0.25, -0.2) is 4.68 Å². The molecule has 0 radical (unpaired) electrons. The van der Waals surface area contributed by atoms with Crippen molar-refractivity contribution in [2.45, 2.75) is 45.1 Å².